The number of nitrogens with one attached hydrogen (secondary N) is 2. The molecule has 2 N–H and O–H groups in total. The summed E-state index contributed by atoms with van der Waals surface area (Å²) in [7, 11) is 1.84. The van der Waals surface area contributed by atoms with E-state index in [0.29, 0.717) is 24.5 Å². The second kappa shape index (κ2) is 11.1. The van der Waals surface area contributed by atoms with E-state index in [2.05, 4.69) is 30.9 Å². The number of carbonyl (C=O) groups is 1. The van der Waals surface area contributed by atoms with Gasteiger partial charge in [0, 0.05) is 48.3 Å². The number of rotatable bonds is 8. The minimum Gasteiger partial charge on any atom is -0.383 e. The Balaban J connectivity index is 1.33. The lowest BCUT2D eigenvalue weighted by Gasteiger charge is -2.19. The number of hydrogen-bond donors (Lipinski definition) is 2. The van der Waals surface area contributed by atoms with Crippen LogP contribution in [0, 0.1) is 13.8 Å². The second-order valence-corrected chi connectivity index (χ2v) is 10.0. The Morgan fingerprint density at radius 1 is 1.07 bits per heavy atom. The largest absolute Gasteiger partial charge is 0.418 e. The quantitative estimate of drug-likeness (QED) is 0.317. The van der Waals surface area contributed by atoms with Crippen LogP contribution >= 0.6 is 0 Å². The zero-order valence-corrected chi connectivity index (χ0v) is 22.6. The van der Waals surface area contributed by atoms with E-state index in [1.807, 2.05) is 20.9 Å². The molecule has 1 saturated heterocycles. The number of amides is 1. The molecule has 1 amide bonds. The lowest BCUT2D eigenvalue weighted by atomic mass is 10.1. The van der Waals surface area contributed by atoms with E-state index in [9.17, 15) is 18.0 Å². The summed E-state index contributed by atoms with van der Waals surface area (Å²) >= 11 is 0. The standard InChI is InChI=1S/C28H31F3N8O/c1-18-6-7-20(14-26(18)39-17-25(35-36-39)22-16-33-37(3)19(22)2)27(40)34-21-8-9-24(23(15-21)28(29,30)31)32-10-13-38-11-4-5-12-38/h6-9,14-17,32H,4-5,10-13H2,1-3H3,(H,34,40). The van der Waals surface area contributed by atoms with Crippen molar-refractivity contribution >= 4 is 17.3 Å². The van der Waals surface area contributed by atoms with Crippen molar-refractivity contribution in [2.75, 3.05) is 36.8 Å². The van der Waals surface area contributed by atoms with Crippen molar-refractivity contribution in [2.45, 2.75) is 32.9 Å². The van der Waals surface area contributed by atoms with Gasteiger partial charge >= 0.3 is 6.18 Å². The number of aryl methyl sites for hydroxylation is 2. The van der Waals surface area contributed by atoms with Gasteiger partial charge in [0.2, 0.25) is 0 Å². The summed E-state index contributed by atoms with van der Waals surface area (Å²) in [4.78, 5) is 15.3. The van der Waals surface area contributed by atoms with Crippen molar-refractivity contribution in [3.8, 4) is 16.9 Å². The maximum Gasteiger partial charge on any atom is 0.418 e. The molecule has 12 heteroatoms. The van der Waals surface area contributed by atoms with Gasteiger partial charge in [-0.05, 0) is 75.7 Å². The third-order valence-corrected chi connectivity index (χ3v) is 7.25. The van der Waals surface area contributed by atoms with Gasteiger partial charge in [0.25, 0.3) is 5.91 Å². The molecule has 2 aromatic carbocycles. The van der Waals surface area contributed by atoms with Crippen LogP contribution in [0.2, 0.25) is 0 Å². The first-order valence-corrected chi connectivity index (χ1v) is 13.1. The number of benzene rings is 2. The van der Waals surface area contributed by atoms with Gasteiger partial charge in [-0.15, -0.1) is 5.10 Å². The number of hydrogen-bond acceptors (Lipinski definition) is 6. The predicted molar refractivity (Wildman–Crippen MR) is 147 cm³/mol. The zero-order chi connectivity index (χ0) is 28.4. The molecule has 9 nitrogen and oxygen atoms in total. The highest BCUT2D eigenvalue weighted by Crippen LogP contribution is 2.36. The van der Waals surface area contributed by atoms with E-state index in [-0.39, 0.29) is 16.9 Å². The molecule has 1 aliphatic heterocycles. The Labute approximate surface area is 230 Å². The van der Waals surface area contributed by atoms with E-state index >= 15 is 0 Å². The Kier molecular flexibility index (Phi) is 7.61. The summed E-state index contributed by atoms with van der Waals surface area (Å²) in [5.74, 6) is -0.535. The fraction of sp³-hybridized carbons (Fsp3) is 0.357. The van der Waals surface area contributed by atoms with E-state index in [0.717, 1.165) is 48.8 Å². The average Bonchev–Trinajstić information content (AvgIpc) is 3.67. The summed E-state index contributed by atoms with van der Waals surface area (Å²) in [5, 5.41) is 18.2. The molecule has 2 aromatic heterocycles. The minimum atomic E-state index is -4.58. The SMILES string of the molecule is Cc1ccc(C(=O)Nc2ccc(NCCN3CCCC3)c(C(F)(F)F)c2)cc1-n1cc(-c2cnn(C)c2C)nn1. The molecule has 5 rings (SSSR count). The number of alkyl halides is 3. The lowest BCUT2D eigenvalue weighted by molar-refractivity contribution is -0.136. The summed E-state index contributed by atoms with van der Waals surface area (Å²) in [6.07, 6.45) is 1.12. The molecule has 1 fully saturated rings. The number of nitrogens with zero attached hydrogens (tertiary/aromatic N) is 6. The minimum absolute atomic E-state index is 0.00634. The average molecular weight is 553 g/mol. The van der Waals surface area contributed by atoms with E-state index in [4.69, 9.17) is 0 Å². The molecule has 1 aliphatic rings. The maximum atomic E-state index is 13.9. The first-order chi connectivity index (χ1) is 19.1. The van der Waals surface area contributed by atoms with Gasteiger partial charge in [-0.1, -0.05) is 11.3 Å². The number of likely N-dealkylation sites (tertiary alicyclic amines) is 1. The van der Waals surface area contributed by atoms with E-state index in [1.54, 1.807) is 40.0 Å². The molecular weight excluding hydrogens is 521 g/mol. The molecule has 0 spiro atoms. The Hall–Kier alpha value is -4.19. The molecule has 4 aromatic rings. The highest BCUT2D eigenvalue weighted by molar-refractivity contribution is 6.04. The first-order valence-electron chi connectivity index (χ1n) is 13.1. The van der Waals surface area contributed by atoms with Crippen molar-refractivity contribution in [1.82, 2.24) is 29.7 Å². The van der Waals surface area contributed by atoms with Crippen LogP contribution in [0.3, 0.4) is 0 Å². The molecule has 0 unspecified atom stereocenters. The third-order valence-electron chi connectivity index (χ3n) is 7.25. The Morgan fingerprint density at radius 2 is 1.85 bits per heavy atom. The zero-order valence-electron chi connectivity index (χ0n) is 22.6. The number of halogens is 3. The highest BCUT2D eigenvalue weighted by atomic mass is 19.4. The summed E-state index contributed by atoms with van der Waals surface area (Å²) in [6.45, 7) is 6.84. The van der Waals surface area contributed by atoms with Crippen molar-refractivity contribution in [3.05, 3.63) is 71.2 Å². The number of anilines is 2. The molecule has 3 heterocycles. The molecular formula is C28H31F3N8O. The van der Waals surface area contributed by atoms with Gasteiger partial charge in [0.15, 0.2) is 0 Å². The molecule has 0 atom stereocenters. The Bertz CT molecular complexity index is 1520. The second-order valence-electron chi connectivity index (χ2n) is 10.0. The van der Waals surface area contributed by atoms with Crippen LogP contribution < -0.4 is 10.6 Å². The number of aromatic nitrogens is 5. The van der Waals surface area contributed by atoms with Crippen LogP contribution in [-0.4, -0.2) is 61.8 Å². The van der Waals surface area contributed by atoms with E-state index in [1.165, 1.54) is 12.1 Å². The van der Waals surface area contributed by atoms with Crippen LogP contribution in [-0.2, 0) is 13.2 Å². The van der Waals surface area contributed by atoms with Crippen LogP contribution in [0.5, 0.6) is 0 Å². The van der Waals surface area contributed by atoms with Gasteiger partial charge in [-0.2, -0.15) is 18.3 Å². The maximum absolute atomic E-state index is 13.9. The van der Waals surface area contributed by atoms with Crippen molar-refractivity contribution in [2.24, 2.45) is 7.05 Å². The fourth-order valence-electron chi connectivity index (χ4n) is 4.82. The molecule has 0 bridgehead atoms. The van der Waals surface area contributed by atoms with Crippen molar-refractivity contribution in [3.63, 3.8) is 0 Å². The topological polar surface area (TPSA) is 92.9 Å². The smallest absolute Gasteiger partial charge is 0.383 e. The molecule has 0 aliphatic carbocycles. The van der Waals surface area contributed by atoms with Crippen LogP contribution in [0.4, 0.5) is 24.5 Å². The molecule has 210 valence electrons. The molecule has 40 heavy (non-hydrogen) atoms. The third kappa shape index (κ3) is 5.86. The van der Waals surface area contributed by atoms with Crippen molar-refractivity contribution < 1.29 is 18.0 Å². The molecule has 0 saturated carbocycles. The summed E-state index contributed by atoms with van der Waals surface area (Å²) < 4.78 is 44.9. The van der Waals surface area contributed by atoms with Gasteiger partial charge in [0.05, 0.1) is 23.6 Å². The fourth-order valence-corrected chi connectivity index (χ4v) is 4.82. The predicted octanol–water partition coefficient (Wildman–Crippen LogP) is 5.06. The lowest BCUT2D eigenvalue weighted by Crippen LogP contribution is -2.26. The Morgan fingerprint density at radius 3 is 2.55 bits per heavy atom. The first kappa shape index (κ1) is 27.4. The van der Waals surface area contributed by atoms with Crippen LogP contribution in [0.1, 0.15) is 40.0 Å². The van der Waals surface area contributed by atoms with Gasteiger partial charge in [-0.25, -0.2) is 4.68 Å². The summed E-state index contributed by atoms with van der Waals surface area (Å²) in [6, 6.07) is 8.82. The monoisotopic (exact) mass is 552 g/mol. The highest BCUT2D eigenvalue weighted by Gasteiger charge is 2.34. The van der Waals surface area contributed by atoms with Crippen LogP contribution in [0.15, 0.2) is 48.8 Å². The van der Waals surface area contributed by atoms with E-state index < -0.39 is 17.6 Å². The van der Waals surface area contributed by atoms with Crippen molar-refractivity contribution in [1.29, 1.82) is 0 Å². The van der Waals surface area contributed by atoms with Gasteiger partial charge in [0.1, 0.15) is 5.69 Å². The molecule has 0 radical (unpaired) electrons. The van der Waals surface area contributed by atoms with Gasteiger partial charge < -0.3 is 15.5 Å². The van der Waals surface area contributed by atoms with Gasteiger partial charge in [-0.3, -0.25) is 9.48 Å². The number of carbonyl (C=O) groups excluding carboxylic acids is 1. The van der Waals surface area contributed by atoms with Crippen LogP contribution in [0.25, 0.3) is 16.9 Å². The summed E-state index contributed by atoms with van der Waals surface area (Å²) in [5.41, 5.74) is 3.38. The normalized spacial score (nSPS) is 14.1.